The van der Waals surface area contributed by atoms with Crippen molar-refractivity contribution in [3.05, 3.63) is 71.2 Å². The number of para-hydroxylation sites is 2. The summed E-state index contributed by atoms with van der Waals surface area (Å²) in [5.74, 6) is 0.749. The lowest BCUT2D eigenvalue weighted by Crippen LogP contribution is -2.06. The number of rotatable bonds is 3. The minimum atomic E-state index is -0.406. The molecule has 0 aliphatic heterocycles. The number of benzene rings is 1. The summed E-state index contributed by atoms with van der Waals surface area (Å²) in [5.41, 5.74) is 0.473. The van der Waals surface area contributed by atoms with E-state index in [1.165, 1.54) is 6.07 Å². The van der Waals surface area contributed by atoms with Crippen LogP contribution in [-0.4, -0.2) is 19.3 Å². The van der Waals surface area contributed by atoms with Gasteiger partial charge in [0.1, 0.15) is 11.5 Å². The third-order valence-corrected chi connectivity index (χ3v) is 2.80. The highest BCUT2D eigenvalue weighted by atomic mass is 16.6. The third kappa shape index (κ3) is 1.89. The van der Waals surface area contributed by atoms with Crippen LogP contribution >= 0.6 is 0 Å². The summed E-state index contributed by atoms with van der Waals surface area (Å²) in [7, 11) is 0. The quantitative estimate of drug-likeness (QED) is 0.533. The van der Waals surface area contributed by atoms with Crippen molar-refractivity contribution < 1.29 is 4.92 Å². The highest BCUT2D eigenvalue weighted by molar-refractivity contribution is 5.54. The van der Waals surface area contributed by atoms with E-state index in [1.807, 2.05) is 29.1 Å². The highest BCUT2D eigenvalue weighted by Crippen LogP contribution is 2.24. The van der Waals surface area contributed by atoms with Gasteiger partial charge >= 0.3 is 0 Å². The summed E-state index contributed by atoms with van der Waals surface area (Å²) >= 11 is 0. The Hall–Kier alpha value is -2.89. The van der Waals surface area contributed by atoms with Crippen molar-refractivity contribution in [2.45, 2.75) is 0 Å². The minimum absolute atomic E-state index is 0.0274. The molecule has 94 valence electrons. The zero-order valence-electron chi connectivity index (χ0n) is 9.88. The Bertz CT molecular complexity index is 716. The van der Waals surface area contributed by atoms with Gasteiger partial charge in [-0.05, 0) is 18.2 Å². The summed E-state index contributed by atoms with van der Waals surface area (Å²) in [6, 6.07) is 12.1. The number of hydrogen-bond acceptors (Lipinski definition) is 3. The summed E-state index contributed by atoms with van der Waals surface area (Å²) in [5, 5.41) is 15.2. The molecule has 2 heterocycles. The summed E-state index contributed by atoms with van der Waals surface area (Å²) in [6.07, 6.45) is 5.34. The first-order valence-corrected chi connectivity index (χ1v) is 5.68. The summed E-state index contributed by atoms with van der Waals surface area (Å²) in [4.78, 5) is 10.7. The molecule has 3 rings (SSSR count). The second-order valence-corrected chi connectivity index (χ2v) is 3.94. The van der Waals surface area contributed by atoms with Crippen molar-refractivity contribution in [2.24, 2.45) is 0 Å². The van der Waals surface area contributed by atoms with Crippen molar-refractivity contribution in [1.82, 2.24) is 14.3 Å². The fraction of sp³-hybridized carbons (Fsp3) is 0. The van der Waals surface area contributed by atoms with Crippen LogP contribution in [-0.2, 0) is 0 Å². The molecule has 0 radical (unpaired) electrons. The SMILES string of the molecule is O=[N+]([O-])c1ccccc1-n1nccc1-n1cccc1. The Morgan fingerprint density at radius 1 is 1.05 bits per heavy atom. The van der Waals surface area contributed by atoms with E-state index in [9.17, 15) is 10.1 Å². The first-order chi connectivity index (χ1) is 9.27. The van der Waals surface area contributed by atoms with E-state index >= 15 is 0 Å². The Balaban J connectivity index is 2.19. The largest absolute Gasteiger partial charge is 0.309 e. The molecule has 2 aromatic heterocycles. The fourth-order valence-corrected chi connectivity index (χ4v) is 1.96. The summed E-state index contributed by atoms with van der Waals surface area (Å²) in [6.45, 7) is 0. The van der Waals surface area contributed by atoms with Gasteiger partial charge in [0.05, 0.1) is 11.1 Å². The van der Waals surface area contributed by atoms with Gasteiger partial charge in [-0.1, -0.05) is 12.1 Å². The van der Waals surface area contributed by atoms with Gasteiger partial charge in [0, 0.05) is 24.5 Å². The molecule has 0 bridgehead atoms. The van der Waals surface area contributed by atoms with Gasteiger partial charge < -0.3 is 4.57 Å². The van der Waals surface area contributed by atoms with E-state index < -0.39 is 4.92 Å². The van der Waals surface area contributed by atoms with Gasteiger partial charge in [-0.3, -0.25) is 10.1 Å². The molecule has 0 N–H and O–H groups in total. The normalized spacial score (nSPS) is 10.5. The van der Waals surface area contributed by atoms with E-state index in [0.717, 1.165) is 5.82 Å². The molecular weight excluding hydrogens is 244 g/mol. The molecule has 6 nitrogen and oxygen atoms in total. The van der Waals surface area contributed by atoms with Crippen LogP contribution in [0.15, 0.2) is 61.1 Å². The number of nitro benzene ring substituents is 1. The number of aromatic nitrogens is 3. The molecule has 0 unspecified atom stereocenters. The van der Waals surface area contributed by atoms with Crippen LogP contribution in [0.3, 0.4) is 0 Å². The molecule has 0 amide bonds. The van der Waals surface area contributed by atoms with E-state index in [4.69, 9.17) is 0 Å². The highest BCUT2D eigenvalue weighted by Gasteiger charge is 2.17. The number of nitro groups is 1. The van der Waals surface area contributed by atoms with E-state index in [1.54, 1.807) is 35.1 Å². The Labute approximate surface area is 108 Å². The van der Waals surface area contributed by atoms with E-state index in [2.05, 4.69) is 5.10 Å². The van der Waals surface area contributed by atoms with Crippen molar-refractivity contribution in [3.63, 3.8) is 0 Å². The van der Waals surface area contributed by atoms with Crippen molar-refractivity contribution in [1.29, 1.82) is 0 Å². The zero-order valence-corrected chi connectivity index (χ0v) is 9.88. The van der Waals surface area contributed by atoms with Crippen LogP contribution in [0.4, 0.5) is 5.69 Å². The minimum Gasteiger partial charge on any atom is -0.309 e. The average molecular weight is 254 g/mol. The first-order valence-electron chi connectivity index (χ1n) is 5.68. The number of nitrogens with zero attached hydrogens (tertiary/aromatic N) is 4. The molecule has 0 atom stereocenters. The van der Waals surface area contributed by atoms with Gasteiger partial charge in [0.2, 0.25) is 0 Å². The molecule has 6 heteroatoms. The lowest BCUT2D eigenvalue weighted by atomic mass is 10.3. The topological polar surface area (TPSA) is 65.9 Å². The molecule has 0 spiro atoms. The van der Waals surface area contributed by atoms with Crippen LogP contribution in [0.2, 0.25) is 0 Å². The lowest BCUT2D eigenvalue weighted by molar-refractivity contribution is -0.384. The molecule has 19 heavy (non-hydrogen) atoms. The Kier molecular flexibility index (Phi) is 2.60. The second-order valence-electron chi connectivity index (χ2n) is 3.94. The smallest absolute Gasteiger partial charge is 0.294 e. The van der Waals surface area contributed by atoms with E-state index in [0.29, 0.717) is 5.69 Å². The first kappa shape index (κ1) is 11.2. The fourth-order valence-electron chi connectivity index (χ4n) is 1.96. The average Bonchev–Trinajstić information content (AvgIpc) is 3.09. The van der Waals surface area contributed by atoms with Gasteiger partial charge in [-0.15, -0.1) is 0 Å². The molecule has 0 saturated heterocycles. The van der Waals surface area contributed by atoms with Gasteiger partial charge in [-0.2, -0.15) is 5.10 Å². The zero-order chi connectivity index (χ0) is 13.2. The van der Waals surface area contributed by atoms with Gasteiger partial charge in [0.25, 0.3) is 5.69 Å². The predicted molar refractivity (Wildman–Crippen MR) is 69.5 cm³/mol. The maximum atomic E-state index is 11.1. The van der Waals surface area contributed by atoms with Crippen molar-refractivity contribution >= 4 is 5.69 Å². The third-order valence-electron chi connectivity index (χ3n) is 2.80. The maximum Gasteiger partial charge on any atom is 0.294 e. The maximum absolute atomic E-state index is 11.1. The predicted octanol–water partition coefficient (Wildman–Crippen LogP) is 2.57. The monoisotopic (exact) mass is 254 g/mol. The molecule has 3 aromatic rings. The Morgan fingerprint density at radius 3 is 2.53 bits per heavy atom. The van der Waals surface area contributed by atoms with Crippen LogP contribution in [0.25, 0.3) is 11.5 Å². The van der Waals surface area contributed by atoms with Crippen LogP contribution in [0, 0.1) is 10.1 Å². The molecule has 1 aromatic carbocycles. The van der Waals surface area contributed by atoms with Crippen molar-refractivity contribution in [3.8, 4) is 11.5 Å². The summed E-state index contributed by atoms with van der Waals surface area (Å²) < 4.78 is 3.40. The van der Waals surface area contributed by atoms with Gasteiger partial charge in [-0.25, -0.2) is 4.68 Å². The number of hydrogen-bond donors (Lipinski definition) is 0. The van der Waals surface area contributed by atoms with Crippen LogP contribution in [0.1, 0.15) is 0 Å². The molecule has 0 aliphatic carbocycles. The molecule has 0 aliphatic rings. The lowest BCUT2D eigenvalue weighted by Gasteiger charge is -2.08. The van der Waals surface area contributed by atoms with Crippen LogP contribution < -0.4 is 0 Å². The Morgan fingerprint density at radius 2 is 1.79 bits per heavy atom. The van der Waals surface area contributed by atoms with Crippen molar-refractivity contribution in [2.75, 3.05) is 0 Å². The molecule has 0 saturated carbocycles. The second kappa shape index (κ2) is 4.41. The standard InChI is InChI=1S/C13H10N4O2/c18-17(19)12-6-2-1-5-11(12)16-13(7-8-14-16)15-9-3-4-10-15/h1-10H. The molecular formula is C13H10N4O2. The van der Waals surface area contributed by atoms with Gasteiger partial charge in [0.15, 0.2) is 0 Å². The molecule has 0 fully saturated rings. The van der Waals surface area contributed by atoms with Crippen LogP contribution in [0.5, 0.6) is 0 Å². The van der Waals surface area contributed by atoms with E-state index in [-0.39, 0.29) is 5.69 Å².